The fourth-order valence-electron chi connectivity index (χ4n) is 3.57. The molecule has 0 N–H and O–H groups in total. The fourth-order valence-corrected chi connectivity index (χ4v) is 3.82. The van der Waals surface area contributed by atoms with E-state index in [1.54, 1.807) is 6.92 Å². The predicted octanol–water partition coefficient (Wildman–Crippen LogP) is 7.32. The van der Waals surface area contributed by atoms with E-state index in [0.717, 1.165) is 12.8 Å². The van der Waals surface area contributed by atoms with Crippen molar-refractivity contribution in [3.05, 3.63) is 80.9 Å². The van der Waals surface area contributed by atoms with Gasteiger partial charge in [-0.25, -0.2) is 0 Å². The lowest BCUT2D eigenvalue weighted by Gasteiger charge is -2.24. The van der Waals surface area contributed by atoms with Crippen LogP contribution in [0.2, 0.25) is 5.02 Å². The SMILES string of the molecule is CCCN(CC1CC1)c1c([N+](=O)[O-])cc(C(F)(F)F)cc1[N+](=O)[O-].O=[N+]([O-])c1cc(C(F)(F)F)cc([N+](=O)[O-])c1Cl. The molecule has 2 aromatic rings. The molecule has 0 heterocycles. The van der Waals surface area contributed by atoms with Gasteiger partial charge in [-0.3, -0.25) is 40.5 Å². The van der Waals surface area contributed by atoms with Crippen LogP contribution in [-0.4, -0.2) is 32.8 Å². The molecule has 1 fully saturated rings. The third-order valence-electron chi connectivity index (χ3n) is 5.53. The van der Waals surface area contributed by atoms with Crippen LogP contribution in [0.3, 0.4) is 0 Å². The standard InChI is InChI=1S/C14H16F3N3O4.C7H2ClF3N2O4/c1-2-5-18(8-9-3-4-9)13-11(19(21)22)6-10(14(15,16)17)7-12(13)20(23)24;8-6-4(12(14)15)1-3(7(9,10)11)2-5(6)13(16)17/h6-7,9H,2-5,8H2,1H3;1-2H. The maximum Gasteiger partial charge on any atom is 0.416 e. The van der Waals surface area contributed by atoms with Crippen molar-refractivity contribution in [2.75, 3.05) is 18.0 Å². The summed E-state index contributed by atoms with van der Waals surface area (Å²) in [6.07, 6.45) is -7.47. The Morgan fingerprint density at radius 2 is 1.10 bits per heavy atom. The van der Waals surface area contributed by atoms with E-state index in [9.17, 15) is 66.8 Å². The van der Waals surface area contributed by atoms with E-state index in [4.69, 9.17) is 11.6 Å². The highest BCUT2D eigenvalue weighted by Gasteiger charge is 2.40. The van der Waals surface area contributed by atoms with Gasteiger partial charge >= 0.3 is 12.4 Å². The van der Waals surface area contributed by atoms with E-state index in [-0.39, 0.29) is 23.7 Å². The molecule has 13 nitrogen and oxygen atoms in total. The van der Waals surface area contributed by atoms with Crippen LogP contribution in [0.5, 0.6) is 0 Å². The summed E-state index contributed by atoms with van der Waals surface area (Å²) < 4.78 is 75.7. The number of nitro benzene ring substituents is 4. The third kappa shape index (κ3) is 8.35. The van der Waals surface area contributed by atoms with Crippen molar-refractivity contribution in [3.63, 3.8) is 0 Å². The summed E-state index contributed by atoms with van der Waals surface area (Å²) in [5.74, 6) is 0.262. The molecule has 1 aliphatic rings. The molecular formula is C21H18ClF6N5O8. The lowest BCUT2D eigenvalue weighted by Crippen LogP contribution is -2.28. The van der Waals surface area contributed by atoms with Crippen molar-refractivity contribution in [3.8, 4) is 0 Å². The molecule has 1 saturated carbocycles. The Balaban J connectivity index is 0.000000305. The second-order valence-corrected chi connectivity index (χ2v) is 8.98. The number of hydrogen-bond donors (Lipinski definition) is 0. The highest BCUT2D eigenvalue weighted by Crippen LogP contribution is 2.45. The summed E-state index contributed by atoms with van der Waals surface area (Å²) in [4.78, 5) is 40.4. The summed E-state index contributed by atoms with van der Waals surface area (Å²) in [6.45, 7) is 2.45. The van der Waals surface area contributed by atoms with Gasteiger partial charge in [0.2, 0.25) is 0 Å². The zero-order valence-corrected chi connectivity index (χ0v) is 21.3. The van der Waals surface area contributed by atoms with Crippen LogP contribution >= 0.6 is 11.6 Å². The van der Waals surface area contributed by atoms with Gasteiger partial charge in [0.05, 0.1) is 30.8 Å². The first-order valence-electron chi connectivity index (χ1n) is 11.3. The average molecular weight is 618 g/mol. The second-order valence-electron chi connectivity index (χ2n) is 8.60. The Morgan fingerprint density at radius 1 is 0.756 bits per heavy atom. The Morgan fingerprint density at radius 3 is 1.37 bits per heavy atom. The van der Waals surface area contributed by atoms with E-state index in [0.29, 0.717) is 31.6 Å². The fraction of sp³-hybridized carbons (Fsp3) is 0.429. The maximum atomic E-state index is 12.9. The summed E-state index contributed by atoms with van der Waals surface area (Å²) >= 11 is 5.27. The maximum absolute atomic E-state index is 12.9. The highest BCUT2D eigenvalue weighted by atomic mass is 35.5. The number of hydrogen-bond acceptors (Lipinski definition) is 9. The normalized spacial score (nSPS) is 13.2. The molecule has 0 amide bonds. The molecule has 0 spiro atoms. The molecule has 20 heteroatoms. The van der Waals surface area contributed by atoms with E-state index in [1.807, 2.05) is 0 Å². The molecule has 0 bridgehead atoms. The van der Waals surface area contributed by atoms with E-state index in [1.165, 1.54) is 4.90 Å². The molecular weight excluding hydrogens is 600 g/mol. The monoisotopic (exact) mass is 617 g/mol. The van der Waals surface area contributed by atoms with Crippen LogP contribution in [0.15, 0.2) is 24.3 Å². The molecule has 0 saturated heterocycles. The van der Waals surface area contributed by atoms with Crippen molar-refractivity contribution in [2.45, 2.75) is 38.5 Å². The number of benzene rings is 2. The third-order valence-corrected chi connectivity index (χ3v) is 5.92. The van der Waals surface area contributed by atoms with Gasteiger partial charge in [0.15, 0.2) is 10.7 Å². The van der Waals surface area contributed by atoms with Crippen LogP contribution in [0.25, 0.3) is 0 Å². The summed E-state index contributed by atoms with van der Waals surface area (Å²) in [5, 5.41) is 42.4. The zero-order valence-electron chi connectivity index (χ0n) is 20.6. The molecule has 0 atom stereocenters. The van der Waals surface area contributed by atoms with Crippen molar-refractivity contribution in [2.24, 2.45) is 5.92 Å². The lowest BCUT2D eigenvalue weighted by atomic mass is 10.1. The van der Waals surface area contributed by atoms with Gasteiger partial charge in [0.25, 0.3) is 22.7 Å². The van der Waals surface area contributed by atoms with Crippen molar-refractivity contribution < 1.29 is 46.0 Å². The van der Waals surface area contributed by atoms with Crippen molar-refractivity contribution >= 4 is 40.0 Å². The first-order valence-corrected chi connectivity index (χ1v) is 11.7. The minimum atomic E-state index is -4.93. The van der Waals surface area contributed by atoms with Gasteiger partial charge in [0, 0.05) is 37.4 Å². The predicted molar refractivity (Wildman–Crippen MR) is 130 cm³/mol. The number of rotatable bonds is 9. The number of nitrogens with zero attached hydrogens (tertiary/aromatic N) is 5. The van der Waals surface area contributed by atoms with Gasteiger partial charge in [-0.05, 0) is 25.2 Å². The quantitative estimate of drug-likeness (QED) is 0.158. The molecule has 0 aromatic heterocycles. The molecule has 0 aliphatic heterocycles. The minimum Gasteiger partial charge on any atom is -0.360 e. The first kappa shape index (κ1) is 32.9. The average Bonchev–Trinajstić information content (AvgIpc) is 3.65. The summed E-state index contributed by atoms with van der Waals surface area (Å²) in [5.41, 5.74) is -7.32. The largest absolute Gasteiger partial charge is 0.416 e. The minimum absolute atomic E-state index is 0.148. The summed E-state index contributed by atoms with van der Waals surface area (Å²) in [6, 6.07) is 1.04. The smallest absolute Gasteiger partial charge is 0.360 e. The Hall–Kier alpha value is -4.29. The number of halogens is 7. The van der Waals surface area contributed by atoms with E-state index >= 15 is 0 Å². The Labute approximate surface area is 229 Å². The number of alkyl halides is 6. The van der Waals surface area contributed by atoms with Gasteiger partial charge in [-0.1, -0.05) is 18.5 Å². The second kappa shape index (κ2) is 12.5. The lowest BCUT2D eigenvalue weighted by molar-refractivity contribution is -0.394. The van der Waals surface area contributed by atoms with E-state index in [2.05, 4.69) is 0 Å². The Kier molecular flexibility index (Phi) is 10.0. The zero-order chi connectivity index (χ0) is 31.4. The molecule has 0 radical (unpaired) electrons. The molecule has 41 heavy (non-hydrogen) atoms. The van der Waals surface area contributed by atoms with Gasteiger partial charge in [-0.2, -0.15) is 26.3 Å². The van der Waals surface area contributed by atoms with Crippen LogP contribution in [0, 0.1) is 46.4 Å². The molecule has 2 aromatic carbocycles. The van der Waals surface area contributed by atoms with Crippen LogP contribution in [-0.2, 0) is 12.4 Å². The van der Waals surface area contributed by atoms with Crippen molar-refractivity contribution in [1.29, 1.82) is 0 Å². The number of nitro groups is 4. The molecule has 224 valence electrons. The van der Waals surface area contributed by atoms with Crippen LogP contribution in [0.1, 0.15) is 37.3 Å². The van der Waals surface area contributed by atoms with Gasteiger partial charge < -0.3 is 4.90 Å². The highest BCUT2D eigenvalue weighted by molar-refractivity contribution is 6.34. The van der Waals surface area contributed by atoms with Gasteiger partial charge in [-0.15, -0.1) is 0 Å². The topological polar surface area (TPSA) is 176 Å². The van der Waals surface area contributed by atoms with Crippen LogP contribution in [0.4, 0.5) is 54.8 Å². The number of anilines is 1. The summed E-state index contributed by atoms with van der Waals surface area (Å²) in [7, 11) is 0. The van der Waals surface area contributed by atoms with Gasteiger partial charge in [0.1, 0.15) is 0 Å². The van der Waals surface area contributed by atoms with Crippen LogP contribution < -0.4 is 4.90 Å². The molecule has 0 unspecified atom stereocenters. The van der Waals surface area contributed by atoms with Crippen molar-refractivity contribution in [1.82, 2.24) is 0 Å². The molecule has 1 aliphatic carbocycles. The molecule has 3 rings (SSSR count). The Bertz CT molecular complexity index is 1300. The first-order chi connectivity index (χ1) is 18.8. The van der Waals surface area contributed by atoms with E-state index < -0.39 is 70.9 Å².